The van der Waals surface area contributed by atoms with Gasteiger partial charge in [0.25, 0.3) is 23.7 Å². The van der Waals surface area contributed by atoms with Crippen molar-refractivity contribution in [2.75, 3.05) is 54.9 Å². The number of carbonyl (C=O) groups excluding carboxylic acids is 2. The molecule has 8 aromatic rings. The van der Waals surface area contributed by atoms with Crippen molar-refractivity contribution in [2.45, 2.75) is 50.6 Å². The van der Waals surface area contributed by atoms with Gasteiger partial charge < -0.3 is 39.5 Å². The SMILES string of the molecule is Cl.FC1(F)CNC1.O=C1Nc2cccc(n2)-c2nncn2CCCCOc2ccc(-c3ccc(F)nc3)cc21.O=C1Nc2cccc(n2)-c2nncn2CCCCOc2ccc(-c3ccc(N4CC(F)(F)C4)nc3)cc21. The molecule has 2 aromatic carbocycles. The molecule has 0 radical (unpaired) electrons. The molecular weight excluding hydrogens is 1020 g/mol. The fourth-order valence-corrected chi connectivity index (χ4v) is 8.30. The molecule has 18 nitrogen and oxygen atoms in total. The first-order chi connectivity index (χ1) is 36.3. The molecule has 3 N–H and O–H groups in total. The van der Waals surface area contributed by atoms with E-state index in [2.05, 4.69) is 56.3 Å². The topological polar surface area (TPSA) is 205 Å². The molecule has 24 heteroatoms. The van der Waals surface area contributed by atoms with Crippen LogP contribution < -0.4 is 30.3 Å². The molecule has 76 heavy (non-hydrogen) atoms. The molecule has 2 amide bonds. The first kappa shape index (κ1) is 52.4. The highest BCUT2D eigenvalue weighted by molar-refractivity contribution is 6.07. The van der Waals surface area contributed by atoms with E-state index >= 15 is 0 Å². The van der Waals surface area contributed by atoms with E-state index in [0.29, 0.717) is 88.4 Å². The lowest BCUT2D eigenvalue weighted by Gasteiger charge is -2.39. The molecule has 0 spiro atoms. The maximum absolute atomic E-state index is 13.4. The number of aromatic nitrogens is 10. The van der Waals surface area contributed by atoms with Crippen LogP contribution in [0.15, 0.2) is 122 Å². The third-order valence-corrected chi connectivity index (χ3v) is 12.3. The van der Waals surface area contributed by atoms with E-state index in [9.17, 15) is 31.5 Å². The lowest BCUT2D eigenvalue weighted by atomic mass is 10.0. The third kappa shape index (κ3) is 12.5. The van der Waals surface area contributed by atoms with E-state index in [1.807, 2.05) is 39.5 Å². The van der Waals surface area contributed by atoms with Crippen LogP contribution in [-0.2, 0) is 13.1 Å². The molecule has 392 valence electrons. The predicted octanol–water partition coefficient (Wildman–Crippen LogP) is 8.90. The molecule has 0 saturated carbocycles. The molecule has 0 aliphatic carbocycles. The van der Waals surface area contributed by atoms with Gasteiger partial charge in [-0.25, -0.2) is 37.5 Å². The molecular formula is C52H48ClF5N14O4. The number of amides is 2. The standard InChI is InChI=1S/C26H23F2N7O2.C23H19FN6O2.C3H5F2N.ClH/c27-26(28)14-35(15-26)23-9-7-18(13-29-23)17-6-8-21-19(12-17)25(36)32-22-5-3-4-20(31-22)24-33-30-16-34(24)10-1-2-11-37-21;24-20-9-7-16(13-25-20)15-6-8-19-17(12-15)23(31)28-21-5-3-4-18(27-21)22-29-26-14-30(22)10-1-2-11-32-19;4-3(5)1-6-2-3;/h3-9,12-13,16H,1-2,10-11,14-15H2,(H,31,32,36);3-9,12-14H,1-2,10-11H2,(H,27,28,31);6H,1-2H2;1H. The summed E-state index contributed by atoms with van der Waals surface area (Å²) in [4.78, 5) is 45.2. The molecule has 4 bridgehead atoms. The second kappa shape index (κ2) is 23.0. The number of pyridine rings is 4. The maximum atomic E-state index is 13.4. The fraction of sp³-hybridized carbons (Fsp3) is 0.269. The van der Waals surface area contributed by atoms with E-state index in [1.165, 1.54) is 17.2 Å². The zero-order chi connectivity index (χ0) is 51.9. The van der Waals surface area contributed by atoms with Crippen molar-refractivity contribution in [1.82, 2.24) is 54.8 Å². The van der Waals surface area contributed by atoms with Gasteiger partial charge in [0.2, 0.25) is 5.95 Å². The highest BCUT2D eigenvalue weighted by Crippen LogP contribution is 2.34. The lowest BCUT2D eigenvalue weighted by molar-refractivity contribution is -0.0476. The number of nitrogens with zero attached hydrogens (tertiary/aromatic N) is 11. The summed E-state index contributed by atoms with van der Waals surface area (Å²) < 4.78 is 78.4. The monoisotopic (exact) mass is 1060 g/mol. The van der Waals surface area contributed by atoms with Crippen molar-refractivity contribution < 1.29 is 41.0 Å². The Kier molecular flexibility index (Phi) is 15.9. The molecule has 0 unspecified atom stereocenters. The Balaban J connectivity index is 0.000000166. The molecule has 4 aliphatic rings. The fourth-order valence-electron chi connectivity index (χ4n) is 8.30. The number of nitrogens with one attached hydrogen (secondary N) is 3. The Labute approximate surface area is 437 Å². The number of hydrogen-bond donors (Lipinski definition) is 3. The van der Waals surface area contributed by atoms with E-state index in [-0.39, 0.29) is 50.4 Å². The van der Waals surface area contributed by atoms with Crippen LogP contribution in [0.5, 0.6) is 11.5 Å². The lowest BCUT2D eigenvalue weighted by Crippen LogP contribution is -2.56. The number of hydrogen-bond acceptors (Lipinski definition) is 14. The minimum atomic E-state index is -2.66. The van der Waals surface area contributed by atoms with Crippen LogP contribution in [0.25, 0.3) is 45.3 Å². The number of alkyl halides is 4. The van der Waals surface area contributed by atoms with Crippen LogP contribution in [0.4, 0.5) is 39.4 Å². The number of fused-ring (bicyclic) bond motifs is 10. The largest absolute Gasteiger partial charge is 0.493 e. The summed E-state index contributed by atoms with van der Waals surface area (Å²) in [6, 6.07) is 27.8. The Hall–Kier alpha value is -8.44. The minimum Gasteiger partial charge on any atom is -0.493 e. The van der Waals surface area contributed by atoms with Crippen molar-refractivity contribution >= 4 is 41.7 Å². The van der Waals surface area contributed by atoms with Crippen molar-refractivity contribution in [3.63, 3.8) is 0 Å². The van der Waals surface area contributed by atoms with Gasteiger partial charge in [-0.15, -0.1) is 32.8 Å². The first-order valence-electron chi connectivity index (χ1n) is 24.0. The zero-order valence-corrected chi connectivity index (χ0v) is 41.2. The summed E-state index contributed by atoms with van der Waals surface area (Å²) in [5.41, 5.74) is 4.89. The number of anilines is 3. The number of aryl methyl sites for hydroxylation is 2. The smallest absolute Gasteiger partial charge is 0.282 e. The number of benzene rings is 2. The van der Waals surface area contributed by atoms with Gasteiger partial charge in [-0.2, -0.15) is 4.39 Å². The van der Waals surface area contributed by atoms with Gasteiger partial charge in [0.15, 0.2) is 11.6 Å². The number of ether oxygens (including phenoxy) is 2. The first-order valence-corrected chi connectivity index (χ1v) is 24.0. The Bertz CT molecular complexity index is 3310. The van der Waals surface area contributed by atoms with Crippen LogP contribution in [0.3, 0.4) is 0 Å². The minimum absolute atomic E-state index is 0. The van der Waals surface area contributed by atoms with Gasteiger partial charge in [0.1, 0.15) is 53.0 Å². The van der Waals surface area contributed by atoms with Gasteiger partial charge in [-0.1, -0.05) is 24.3 Å². The zero-order valence-electron chi connectivity index (χ0n) is 40.4. The molecule has 2 fully saturated rings. The van der Waals surface area contributed by atoms with E-state index in [4.69, 9.17) is 9.47 Å². The van der Waals surface area contributed by atoms with Crippen LogP contribution >= 0.6 is 12.4 Å². The van der Waals surface area contributed by atoms with Gasteiger partial charge >= 0.3 is 0 Å². The van der Waals surface area contributed by atoms with E-state index in [1.54, 1.807) is 79.5 Å². The molecule has 0 atom stereocenters. The summed E-state index contributed by atoms with van der Waals surface area (Å²) in [5, 5.41) is 24.5. The highest BCUT2D eigenvalue weighted by atomic mass is 35.5. The average molecular weight is 1060 g/mol. The molecule has 10 heterocycles. The summed E-state index contributed by atoms with van der Waals surface area (Å²) in [7, 11) is 0. The third-order valence-electron chi connectivity index (χ3n) is 12.3. The Morgan fingerprint density at radius 1 is 0.566 bits per heavy atom. The number of rotatable bonds is 3. The van der Waals surface area contributed by atoms with E-state index in [0.717, 1.165) is 48.9 Å². The summed E-state index contributed by atoms with van der Waals surface area (Å²) in [5.74, 6) is -2.87. The quantitative estimate of drug-likeness (QED) is 0.112. The van der Waals surface area contributed by atoms with Crippen molar-refractivity contribution in [2.24, 2.45) is 0 Å². The average Bonchev–Trinajstić information content (AvgIpc) is 4.10. The normalized spacial score (nSPS) is 16.4. The summed E-state index contributed by atoms with van der Waals surface area (Å²) in [6.07, 6.45) is 9.65. The molecule has 12 rings (SSSR count). The molecule has 2 saturated heterocycles. The van der Waals surface area contributed by atoms with Gasteiger partial charge in [-0.3, -0.25) is 9.59 Å². The predicted molar refractivity (Wildman–Crippen MR) is 273 cm³/mol. The van der Waals surface area contributed by atoms with Crippen LogP contribution in [0.2, 0.25) is 0 Å². The van der Waals surface area contributed by atoms with E-state index < -0.39 is 17.8 Å². The maximum Gasteiger partial charge on any atom is 0.282 e. The second-order valence-electron chi connectivity index (χ2n) is 17.9. The van der Waals surface area contributed by atoms with Crippen molar-refractivity contribution in [1.29, 1.82) is 0 Å². The van der Waals surface area contributed by atoms with Gasteiger partial charge in [-0.05, 0) is 110 Å². The Morgan fingerprint density at radius 2 is 1.05 bits per heavy atom. The second-order valence-corrected chi connectivity index (χ2v) is 17.9. The van der Waals surface area contributed by atoms with Gasteiger partial charge in [0.05, 0.1) is 50.5 Å². The number of carbonyl (C=O) groups is 2. The highest BCUT2D eigenvalue weighted by Gasteiger charge is 2.44. The summed E-state index contributed by atoms with van der Waals surface area (Å²) in [6.45, 7) is 1.42. The van der Waals surface area contributed by atoms with Gasteiger partial charge in [0, 0.05) is 36.6 Å². The van der Waals surface area contributed by atoms with Crippen molar-refractivity contribution in [3.05, 3.63) is 139 Å². The van der Waals surface area contributed by atoms with Crippen LogP contribution in [0, 0.1) is 5.95 Å². The summed E-state index contributed by atoms with van der Waals surface area (Å²) >= 11 is 0. The van der Waals surface area contributed by atoms with Crippen LogP contribution in [-0.4, -0.2) is 113 Å². The van der Waals surface area contributed by atoms with Crippen molar-refractivity contribution in [3.8, 4) is 56.8 Å². The number of halogens is 6. The Morgan fingerprint density at radius 3 is 1.49 bits per heavy atom. The molecule has 6 aromatic heterocycles. The van der Waals surface area contributed by atoms with Crippen LogP contribution in [0.1, 0.15) is 46.4 Å². The molecule has 4 aliphatic heterocycles.